The van der Waals surface area contributed by atoms with Crippen LogP contribution in [0.3, 0.4) is 0 Å². The van der Waals surface area contributed by atoms with E-state index < -0.39 is 0 Å². The van der Waals surface area contributed by atoms with Gasteiger partial charge in [-0.1, -0.05) is 18.2 Å². The lowest BCUT2D eigenvalue weighted by atomic mass is 10.1. The first-order chi connectivity index (χ1) is 12.2. The number of amides is 1. The van der Waals surface area contributed by atoms with E-state index in [0.717, 1.165) is 37.1 Å². The van der Waals surface area contributed by atoms with Crippen molar-refractivity contribution in [1.29, 1.82) is 0 Å². The number of nitrogens with two attached hydrogens (primary N) is 1. The largest absolute Gasteiger partial charge is 0.491 e. The first-order valence-electron chi connectivity index (χ1n) is 8.68. The van der Waals surface area contributed by atoms with Gasteiger partial charge in [0.05, 0.1) is 6.10 Å². The lowest BCUT2D eigenvalue weighted by Crippen LogP contribution is -2.25. The van der Waals surface area contributed by atoms with Gasteiger partial charge in [-0.05, 0) is 55.2 Å². The molecule has 1 amide bonds. The third kappa shape index (κ3) is 5.93. The minimum absolute atomic E-state index is 0. The zero-order valence-corrected chi connectivity index (χ0v) is 15.5. The Bertz CT molecular complexity index is 700. The summed E-state index contributed by atoms with van der Waals surface area (Å²) < 4.78 is 11.3. The van der Waals surface area contributed by atoms with Gasteiger partial charge in [0.2, 0.25) is 0 Å². The van der Waals surface area contributed by atoms with Crippen molar-refractivity contribution in [3.05, 3.63) is 59.7 Å². The van der Waals surface area contributed by atoms with Gasteiger partial charge in [-0.2, -0.15) is 0 Å². The highest BCUT2D eigenvalue weighted by molar-refractivity contribution is 5.94. The molecule has 1 heterocycles. The van der Waals surface area contributed by atoms with Crippen molar-refractivity contribution < 1.29 is 14.3 Å². The SMILES string of the molecule is Cl.Nc1ccc(CCNC(=O)c2cccc(OCC3CCCO3)c2)cc1. The highest BCUT2D eigenvalue weighted by atomic mass is 35.5. The predicted octanol–water partition coefficient (Wildman–Crippen LogP) is 3.22. The van der Waals surface area contributed by atoms with E-state index >= 15 is 0 Å². The number of rotatable bonds is 7. The average molecular weight is 377 g/mol. The average Bonchev–Trinajstić information content (AvgIpc) is 3.15. The minimum atomic E-state index is -0.0991. The van der Waals surface area contributed by atoms with Crippen LogP contribution in [-0.2, 0) is 11.2 Å². The predicted molar refractivity (Wildman–Crippen MR) is 105 cm³/mol. The van der Waals surface area contributed by atoms with E-state index in [1.165, 1.54) is 0 Å². The topological polar surface area (TPSA) is 73.6 Å². The van der Waals surface area contributed by atoms with Gasteiger partial charge in [0.1, 0.15) is 12.4 Å². The molecule has 0 bridgehead atoms. The van der Waals surface area contributed by atoms with Crippen LogP contribution in [0.15, 0.2) is 48.5 Å². The standard InChI is InChI=1S/C20H24N2O3.ClH/c21-17-8-6-15(7-9-17)10-11-22-20(23)16-3-1-4-18(13-16)25-14-19-5-2-12-24-19;/h1,3-4,6-9,13,19H,2,5,10-12,14,21H2,(H,22,23);1H. The number of nitrogen functional groups attached to an aromatic ring is 1. The van der Waals surface area contributed by atoms with Crippen LogP contribution < -0.4 is 15.8 Å². The number of anilines is 1. The van der Waals surface area contributed by atoms with Crippen LogP contribution in [0.2, 0.25) is 0 Å². The van der Waals surface area contributed by atoms with Crippen molar-refractivity contribution in [2.75, 3.05) is 25.5 Å². The smallest absolute Gasteiger partial charge is 0.251 e. The molecule has 0 aliphatic carbocycles. The van der Waals surface area contributed by atoms with Crippen LogP contribution in [0, 0.1) is 0 Å². The molecule has 0 radical (unpaired) electrons. The minimum Gasteiger partial charge on any atom is -0.491 e. The maximum Gasteiger partial charge on any atom is 0.251 e. The van der Waals surface area contributed by atoms with E-state index in [0.29, 0.717) is 24.5 Å². The quantitative estimate of drug-likeness (QED) is 0.727. The Balaban J connectivity index is 0.00000243. The molecule has 2 aromatic carbocycles. The molecule has 1 atom stereocenters. The van der Waals surface area contributed by atoms with Crippen LogP contribution in [0.1, 0.15) is 28.8 Å². The molecule has 140 valence electrons. The summed E-state index contributed by atoms with van der Waals surface area (Å²) in [5.41, 5.74) is 8.15. The first-order valence-corrected chi connectivity index (χ1v) is 8.68. The summed E-state index contributed by atoms with van der Waals surface area (Å²) in [5.74, 6) is 0.597. The van der Waals surface area contributed by atoms with Gasteiger partial charge in [0.25, 0.3) is 5.91 Å². The summed E-state index contributed by atoms with van der Waals surface area (Å²) in [4.78, 5) is 12.3. The zero-order chi connectivity index (χ0) is 17.5. The molecule has 1 fully saturated rings. The third-order valence-electron chi connectivity index (χ3n) is 4.24. The molecule has 1 aliphatic rings. The van der Waals surface area contributed by atoms with Crippen LogP contribution >= 0.6 is 12.4 Å². The molecule has 0 spiro atoms. The Hall–Kier alpha value is -2.24. The molecule has 1 saturated heterocycles. The van der Waals surface area contributed by atoms with Crippen LogP contribution in [0.25, 0.3) is 0 Å². The van der Waals surface area contributed by atoms with E-state index in [4.69, 9.17) is 15.2 Å². The summed E-state index contributed by atoms with van der Waals surface area (Å²) >= 11 is 0. The molecular formula is C20H25ClN2O3. The van der Waals surface area contributed by atoms with Crippen molar-refractivity contribution in [2.24, 2.45) is 0 Å². The fourth-order valence-corrected chi connectivity index (χ4v) is 2.80. The summed E-state index contributed by atoms with van der Waals surface area (Å²) in [5, 5.41) is 2.94. The number of benzene rings is 2. The Morgan fingerprint density at radius 1 is 1.23 bits per heavy atom. The fourth-order valence-electron chi connectivity index (χ4n) is 2.80. The van der Waals surface area contributed by atoms with E-state index in [-0.39, 0.29) is 24.4 Å². The second-order valence-corrected chi connectivity index (χ2v) is 6.22. The Morgan fingerprint density at radius 3 is 2.77 bits per heavy atom. The lowest BCUT2D eigenvalue weighted by molar-refractivity contribution is 0.0679. The Labute approximate surface area is 160 Å². The van der Waals surface area contributed by atoms with Crippen LogP contribution in [-0.4, -0.2) is 31.8 Å². The number of carbonyl (C=O) groups is 1. The zero-order valence-electron chi connectivity index (χ0n) is 14.6. The number of carbonyl (C=O) groups excluding carboxylic acids is 1. The van der Waals surface area contributed by atoms with Crippen LogP contribution in [0.4, 0.5) is 5.69 Å². The van der Waals surface area contributed by atoms with Crippen molar-refractivity contribution >= 4 is 24.0 Å². The van der Waals surface area contributed by atoms with E-state index in [1.54, 1.807) is 12.1 Å². The van der Waals surface area contributed by atoms with Gasteiger partial charge in [-0.25, -0.2) is 0 Å². The Kier molecular flexibility index (Phi) is 7.75. The maximum atomic E-state index is 12.3. The molecule has 0 aromatic heterocycles. The molecule has 3 N–H and O–H groups in total. The van der Waals surface area contributed by atoms with Crippen LogP contribution in [0.5, 0.6) is 5.75 Å². The summed E-state index contributed by atoms with van der Waals surface area (Å²) in [6.45, 7) is 1.91. The highest BCUT2D eigenvalue weighted by Crippen LogP contribution is 2.17. The normalized spacial score (nSPS) is 15.9. The molecule has 3 rings (SSSR count). The second kappa shape index (κ2) is 10.0. The van der Waals surface area contributed by atoms with E-state index in [2.05, 4.69) is 5.32 Å². The first kappa shape index (κ1) is 20.1. The van der Waals surface area contributed by atoms with Crippen molar-refractivity contribution in [2.45, 2.75) is 25.4 Å². The van der Waals surface area contributed by atoms with Crippen molar-refractivity contribution in [1.82, 2.24) is 5.32 Å². The second-order valence-electron chi connectivity index (χ2n) is 6.22. The molecular weight excluding hydrogens is 352 g/mol. The van der Waals surface area contributed by atoms with Gasteiger partial charge in [0.15, 0.2) is 0 Å². The van der Waals surface area contributed by atoms with E-state index in [9.17, 15) is 4.79 Å². The van der Waals surface area contributed by atoms with Crippen molar-refractivity contribution in [3.63, 3.8) is 0 Å². The number of nitrogens with one attached hydrogen (secondary N) is 1. The van der Waals surface area contributed by atoms with Gasteiger partial charge >= 0.3 is 0 Å². The third-order valence-corrected chi connectivity index (χ3v) is 4.24. The number of halogens is 1. The molecule has 0 saturated carbocycles. The fraction of sp³-hybridized carbons (Fsp3) is 0.350. The summed E-state index contributed by atoms with van der Waals surface area (Å²) in [7, 11) is 0. The van der Waals surface area contributed by atoms with Crippen molar-refractivity contribution in [3.8, 4) is 5.75 Å². The monoisotopic (exact) mass is 376 g/mol. The molecule has 2 aromatic rings. The molecule has 1 unspecified atom stereocenters. The summed E-state index contributed by atoms with van der Waals surface area (Å²) in [6, 6.07) is 14.9. The maximum absolute atomic E-state index is 12.3. The molecule has 26 heavy (non-hydrogen) atoms. The summed E-state index contributed by atoms with van der Waals surface area (Å²) in [6.07, 6.45) is 3.05. The molecule has 1 aliphatic heterocycles. The van der Waals surface area contributed by atoms with Gasteiger partial charge < -0.3 is 20.5 Å². The molecule has 6 heteroatoms. The molecule has 5 nitrogen and oxygen atoms in total. The number of hydrogen-bond acceptors (Lipinski definition) is 4. The van der Waals surface area contributed by atoms with Gasteiger partial charge in [-0.3, -0.25) is 4.79 Å². The highest BCUT2D eigenvalue weighted by Gasteiger charge is 2.16. The van der Waals surface area contributed by atoms with Gasteiger partial charge in [0, 0.05) is 24.4 Å². The van der Waals surface area contributed by atoms with E-state index in [1.807, 2.05) is 36.4 Å². The van der Waals surface area contributed by atoms with Gasteiger partial charge in [-0.15, -0.1) is 12.4 Å². The Morgan fingerprint density at radius 2 is 2.04 bits per heavy atom. The lowest BCUT2D eigenvalue weighted by Gasteiger charge is -2.12. The number of hydrogen-bond donors (Lipinski definition) is 2. The number of ether oxygens (including phenoxy) is 2.